The molecule has 2 bridgehead atoms. The van der Waals surface area contributed by atoms with E-state index in [1.807, 2.05) is 0 Å². The summed E-state index contributed by atoms with van der Waals surface area (Å²) in [6.45, 7) is 0. The maximum atomic E-state index is 6.07. The van der Waals surface area contributed by atoms with Crippen molar-refractivity contribution in [2.45, 2.75) is 18.9 Å². The third-order valence-corrected chi connectivity index (χ3v) is 4.82. The second-order valence-electron chi connectivity index (χ2n) is 5.37. The van der Waals surface area contributed by atoms with E-state index in [1.165, 1.54) is 6.42 Å². The summed E-state index contributed by atoms with van der Waals surface area (Å²) in [6.07, 6.45) is 8.54. The highest BCUT2D eigenvalue weighted by Gasteiger charge is 2.35. The highest BCUT2D eigenvalue weighted by atomic mass is 35.5. The molecule has 0 unspecified atom stereocenters. The molecule has 6 heteroatoms. The van der Waals surface area contributed by atoms with E-state index in [0.29, 0.717) is 38.6 Å². The number of nitrogens with zero attached hydrogens (tertiary/aromatic N) is 1. The first kappa shape index (κ1) is 14.8. The van der Waals surface area contributed by atoms with E-state index in [1.54, 1.807) is 24.4 Å². The van der Waals surface area contributed by atoms with Gasteiger partial charge in [-0.25, -0.2) is 0 Å². The number of rotatable bonds is 3. The minimum Gasteiger partial charge on any atom is -0.358 e. The number of hydrogen-bond donors (Lipinski definition) is 2. The van der Waals surface area contributed by atoms with Crippen LogP contribution in [0.2, 0.25) is 10.0 Å². The molecule has 1 fully saturated rings. The molecular weight excluding hydrogens is 325 g/mol. The standard InChI is InChI=1S/C15H15Cl2N3S/c16-12-2-1-3-13(17)11(12)8-18-20-15(21)19-14-7-9-4-5-10(14)6-9/h1-5,8-10,14H,6-7H2,(H2,19,20,21)/b18-8-/t9-,10+,14+/m1/s1. The fourth-order valence-electron chi connectivity index (χ4n) is 2.94. The average Bonchev–Trinajstić information content (AvgIpc) is 3.04. The lowest BCUT2D eigenvalue weighted by Gasteiger charge is -2.20. The Kier molecular flexibility index (Phi) is 4.48. The molecule has 3 rings (SSSR count). The third-order valence-electron chi connectivity index (χ3n) is 3.95. The maximum absolute atomic E-state index is 6.07. The van der Waals surface area contributed by atoms with Gasteiger partial charge in [0.05, 0.1) is 16.3 Å². The van der Waals surface area contributed by atoms with E-state index in [9.17, 15) is 0 Å². The first-order valence-corrected chi connectivity index (χ1v) is 8.02. The molecule has 2 N–H and O–H groups in total. The zero-order valence-corrected chi connectivity index (χ0v) is 13.6. The number of benzene rings is 1. The van der Waals surface area contributed by atoms with Crippen LogP contribution >= 0.6 is 35.4 Å². The van der Waals surface area contributed by atoms with Gasteiger partial charge in [0.2, 0.25) is 0 Å². The number of hydrazone groups is 1. The van der Waals surface area contributed by atoms with Gasteiger partial charge in [-0.3, -0.25) is 5.43 Å². The van der Waals surface area contributed by atoms with Gasteiger partial charge in [0, 0.05) is 11.6 Å². The van der Waals surface area contributed by atoms with E-state index in [0.717, 1.165) is 6.42 Å². The van der Waals surface area contributed by atoms with Crippen molar-refractivity contribution in [2.24, 2.45) is 16.9 Å². The van der Waals surface area contributed by atoms with Crippen molar-refractivity contribution in [1.82, 2.24) is 10.7 Å². The lowest BCUT2D eigenvalue weighted by Crippen LogP contribution is -2.42. The summed E-state index contributed by atoms with van der Waals surface area (Å²) in [5, 5.41) is 9.07. The molecule has 0 saturated heterocycles. The normalized spacial score (nSPS) is 26.5. The van der Waals surface area contributed by atoms with E-state index in [-0.39, 0.29) is 0 Å². The Morgan fingerprint density at radius 1 is 1.24 bits per heavy atom. The Balaban J connectivity index is 1.54. The molecule has 0 aromatic heterocycles. The first-order chi connectivity index (χ1) is 10.1. The lowest BCUT2D eigenvalue weighted by atomic mass is 10.0. The fraction of sp³-hybridized carbons (Fsp3) is 0.333. The second-order valence-corrected chi connectivity index (χ2v) is 6.59. The van der Waals surface area contributed by atoms with Crippen molar-refractivity contribution < 1.29 is 0 Å². The predicted molar refractivity (Wildman–Crippen MR) is 92.1 cm³/mol. The Morgan fingerprint density at radius 3 is 2.62 bits per heavy atom. The van der Waals surface area contributed by atoms with Crippen LogP contribution in [-0.2, 0) is 0 Å². The molecule has 3 nitrogen and oxygen atoms in total. The molecule has 21 heavy (non-hydrogen) atoms. The zero-order chi connectivity index (χ0) is 14.8. The Hall–Kier alpha value is -1.10. The Morgan fingerprint density at radius 2 is 2.00 bits per heavy atom. The topological polar surface area (TPSA) is 36.4 Å². The van der Waals surface area contributed by atoms with Gasteiger partial charge in [-0.15, -0.1) is 0 Å². The molecule has 1 saturated carbocycles. The predicted octanol–water partition coefficient (Wildman–Crippen LogP) is 3.76. The zero-order valence-electron chi connectivity index (χ0n) is 11.2. The SMILES string of the molecule is S=C(N/N=C\c1c(Cl)cccc1Cl)N[C@H]1C[C@@H]2C=C[C@H]1C2. The van der Waals surface area contributed by atoms with Crippen LogP contribution < -0.4 is 10.7 Å². The second kappa shape index (κ2) is 6.34. The number of nitrogens with one attached hydrogen (secondary N) is 2. The molecule has 3 atom stereocenters. The van der Waals surface area contributed by atoms with Crippen molar-refractivity contribution in [3.05, 3.63) is 46.0 Å². The van der Waals surface area contributed by atoms with Crippen LogP contribution in [0, 0.1) is 11.8 Å². The van der Waals surface area contributed by atoms with Gasteiger partial charge in [0.25, 0.3) is 0 Å². The number of thiocarbonyl (C=S) groups is 1. The van der Waals surface area contributed by atoms with Crippen molar-refractivity contribution in [3.63, 3.8) is 0 Å². The molecule has 0 aliphatic heterocycles. The molecule has 110 valence electrons. The van der Waals surface area contributed by atoms with Crippen molar-refractivity contribution in [1.29, 1.82) is 0 Å². The van der Waals surface area contributed by atoms with Gasteiger partial charge < -0.3 is 5.32 Å². The van der Waals surface area contributed by atoms with Crippen LogP contribution in [0.3, 0.4) is 0 Å². The van der Waals surface area contributed by atoms with E-state index in [4.69, 9.17) is 35.4 Å². The molecule has 0 heterocycles. The van der Waals surface area contributed by atoms with E-state index in [2.05, 4.69) is 28.0 Å². The molecule has 0 amide bonds. The first-order valence-electron chi connectivity index (χ1n) is 6.85. The summed E-state index contributed by atoms with van der Waals surface area (Å²) < 4.78 is 0. The largest absolute Gasteiger partial charge is 0.358 e. The quantitative estimate of drug-likeness (QED) is 0.381. The summed E-state index contributed by atoms with van der Waals surface area (Å²) in [4.78, 5) is 0. The lowest BCUT2D eigenvalue weighted by molar-refractivity contribution is 0.521. The maximum Gasteiger partial charge on any atom is 0.187 e. The van der Waals surface area contributed by atoms with Crippen LogP contribution in [0.5, 0.6) is 0 Å². The molecule has 2 aliphatic carbocycles. The van der Waals surface area contributed by atoms with Gasteiger partial charge in [0.1, 0.15) is 0 Å². The summed E-state index contributed by atoms with van der Waals surface area (Å²) in [5.41, 5.74) is 3.50. The van der Waals surface area contributed by atoms with Crippen LogP contribution in [-0.4, -0.2) is 17.4 Å². The van der Waals surface area contributed by atoms with Crippen LogP contribution in [0.4, 0.5) is 0 Å². The molecule has 0 radical (unpaired) electrons. The molecule has 1 aromatic rings. The van der Waals surface area contributed by atoms with Gasteiger partial charge in [-0.1, -0.05) is 41.4 Å². The van der Waals surface area contributed by atoms with Crippen molar-refractivity contribution in [2.75, 3.05) is 0 Å². The molecular formula is C15H15Cl2N3S. The van der Waals surface area contributed by atoms with Crippen LogP contribution in [0.15, 0.2) is 35.5 Å². The molecule has 1 aromatic carbocycles. The Labute approximate surface area is 139 Å². The van der Waals surface area contributed by atoms with Gasteiger partial charge in [0.15, 0.2) is 5.11 Å². The summed E-state index contributed by atoms with van der Waals surface area (Å²) in [6, 6.07) is 5.75. The van der Waals surface area contributed by atoms with Gasteiger partial charge in [-0.2, -0.15) is 5.10 Å². The summed E-state index contributed by atoms with van der Waals surface area (Å²) in [7, 11) is 0. The number of hydrogen-bond acceptors (Lipinski definition) is 2. The molecule has 2 aliphatic rings. The monoisotopic (exact) mass is 339 g/mol. The van der Waals surface area contributed by atoms with Crippen molar-refractivity contribution >= 4 is 46.7 Å². The van der Waals surface area contributed by atoms with Crippen molar-refractivity contribution in [3.8, 4) is 0 Å². The summed E-state index contributed by atoms with van der Waals surface area (Å²) >= 11 is 17.4. The van der Waals surface area contributed by atoms with Crippen LogP contribution in [0.1, 0.15) is 18.4 Å². The van der Waals surface area contributed by atoms with E-state index >= 15 is 0 Å². The third kappa shape index (κ3) is 3.39. The molecule has 0 spiro atoms. The highest BCUT2D eigenvalue weighted by Crippen LogP contribution is 2.38. The number of fused-ring (bicyclic) bond motifs is 2. The van der Waals surface area contributed by atoms with Gasteiger partial charge >= 0.3 is 0 Å². The summed E-state index contributed by atoms with van der Waals surface area (Å²) in [5.74, 6) is 1.30. The number of halogens is 2. The Bertz CT molecular complexity index is 595. The minimum absolute atomic E-state index is 0.416. The highest BCUT2D eigenvalue weighted by molar-refractivity contribution is 7.80. The average molecular weight is 340 g/mol. The van der Waals surface area contributed by atoms with Gasteiger partial charge in [-0.05, 0) is 49.0 Å². The van der Waals surface area contributed by atoms with E-state index < -0.39 is 0 Å². The fourth-order valence-corrected chi connectivity index (χ4v) is 3.64. The smallest absolute Gasteiger partial charge is 0.187 e. The van der Waals surface area contributed by atoms with Crippen LogP contribution in [0.25, 0.3) is 0 Å². The number of allylic oxidation sites excluding steroid dienone is 1. The minimum atomic E-state index is 0.416.